The van der Waals surface area contributed by atoms with Gasteiger partial charge in [-0.3, -0.25) is 10.1 Å². The number of phenols is 1. The molecule has 0 atom stereocenters. The van der Waals surface area contributed by atoms with E-state index in [9.17, 15) is 23.6 Å². The third kappa shape index (κ3) is 3.92. The standard InChI is InChI=1S/C20H16N4O5S2/c1-2-31(28,29)14-6-7-17(25)16(9-14)23-19-18-15(10-30-20(18)22-11-21-19)12-4-3-5-13(8-12)24(26)27/h3-11,25H,2H2,1H3,(H,21,22,23). The third-order valence-electron chi connectivity index (χ3n) is 4.70. The SMILES string of the molecule is CCS(=O)(=O)c1ccc(O)c(Nc2ncnc3scc(-c4cccc([N+](=O)[O-])c4)c23)c1. The maximum atomic E-state index is 12.2. The van der Waals surface area contributed by atoms with Gasteiger partial charge < -0.3 is 10.4 Å². The Morgan fingerprint density at radius 2 is 2.00 bits per heavy atom. The van der Waals surface area contributed by atoms with E-state index >= 15 is 0 Å². The first-order valence-corrected chi connectivity index (χ1v) is 11.6. The molecule has 0 spiro atoms. The van der Waals surface area contributed by atoms with Crippen LogP contribution in [0.1, 0.15) is 6.92 Å². The van der Waals surface area contributed by atoms with E-state index < -0.39 is 14.8 Å². The van der Waals surface area contributed by atoms with Crippen LogP contribution in [0.25, 0.3) is 21.3 Å². The summed E-state index contributed by atoms with van der Waals surface area (Å²) in [6.07, 6.45) is 1.35. The maximum absolute atomic E-state index is 12.2. The molecule has 11 heteroatoms. The topological polar surface area (TPSA) is 135 Å². The number of sulfone groups is 1. The number of rotatable bonds is 6. The molecule has 0 fully saturated rings. The van der Waals surface area contributed by atoms with E-state index in [-0.39, 0.29) is 27.8 Å². The normalized spacial score (nSPS) is 11.5. The van der Waals surface area contributed by atoms with Crippen molar-refractivity contribution in [3.63, 3.8) is 0 Å². The number of nitro benzene ring substituents is 1. The van der Waals surface area contributed by atoms with Crippen LogP contribution < -0.4 is 5.32 Å². The molecule has 0 aliphatic heterocycles. The summed E-state index contributed by atoms with van der Waals surface area (Å²) in [5.74, 6) is 0.124. The summed E-state index contributed by atoms with van der Waals surface area (Å²) in [6, 6.07) is 10.2. The van der Waals surface area contributed by atoms with Crippen molar-refractivity contribution in [3.8, 4) is 16.9 Å². The quantitative estimate of drug-likeness (QED) is 0.246. The molecule has 0 amide bonds. The lowest BCUT2D eigenvalue weighted by molar-refractivity contribution is -0.384. The van der Waals surface area contributed by atoms with Gasteiger partial charge in [0, 0.05) is 23.1 Å². The van der Waals surface area contributed by atoms with Crippen molar-refractivity contribution in [1.29, 1.82) is 0 Å². The van der Waals surface area contributed by atoms with Gasteiger partial charge in [-0.15, -0.1) is 11.3 Å². The first kappa shape index (κ1) is 20.7. The predicted octanol–water partition coefficient (Wildman–Crippen LogP) is 4.51. The van der Waals surface area contributed by atoms with E-state index in [1.807, 2.05) is 5.38 Å². The number of anilines is 2. The Morgan fingerprint density at radius 1 is 1.19 bits per heavy atom. The molecule has 0 unspecified atom stereocenters. The second kappa shape index (κ2) is 7.93. The molecule has 0 aliphatic rings. The van der Waals surface area contributed by atoms with E-state index in [2.05, 4.69) is 15.3 Å². The molecule has 0 bridgehead atoms. The number of fused-ring (bicyclic) bond motifs is 1. The van der Waals surface area contributed by atoms with E-state index in [1.165, 1.54) is 48.0 Å². The molecule has 2 aromatic heterocycles. The summed E-state index contributed by atoms with van der Waals surface area (Å²) in [6.45, 7) is 1.54. The van der Waals surface area contributed by atoms with Crippen molar-refractivity contribution in [2.24, 2.45) is 0 Å². The molecule has 2 aromatic carbocycles. The number of benzene rings is 2. The number of hydrogen-bond donors (Lipinski definition) is 2. The highest BCUT2D eigenvalue weighted by atomic mass is 32.2. The summed E-state index contributed by atoms with van der Waals surface area (Å²) in [5, 5.41) is 26.9. The number of nitro groups is 1. The Kier molecular flexibility index (Phi) is 5.29. The van der Waals surface area contributed by atoms with Gasteiger partial charge in [-0.25, -0.2) is 18.4 Å². The number of aromatic hydroxyl groups is 1. The van der Waals surface area contributed by atoms with Gasteiger partial charge in [0.05, 0.1) is 26.6 Å². The lowest BCUT2D eigenvalue weighted by atomic mass is 10.1. The van der Waals surface area contributed by atoms with Crippen LogP contribution in [0.2, 0.25) is 0 Å². The van der Waals surface area contributed by atoms with Crippen molar-refractivity contribution in [2.45, 2.75) is 11.8 Å². The molecule has 4 aromatic rings. The molecular formula is C20H16N4O5S2. The fourth-order valence-corrected chi connectivity index (χ4v) is 4.89. The molecule has 158 valence electrons. The number of thiophene rings is 1. The number of non-ortho nitro benzene ring substituents is 1. The fraction of sp³-hybridized carbons (Fsp3) is 0.100. The Bertz CT molecular complexity index is 1420. The van der Waals surface area contributed by atoms with Crippen molar-refractivity contribution >= 4 is 48.6 Å². The zero-order chi connectivity index (χ0) is 22.2. The summed E-state index contributed by atoms with van der Waals surface area (Å²) in [5.41, 5.74) is 1.43. The molecule has 0 saturated carbocycles. The second-order valence-corrected chi connectivity index (χ2v) is 9.70. The number of hydrogen-bond acceptors (Lipinski definition) is 9. The summed E-state index contributed by atoms with van der Waals surface area (Å²) >= 11 is 1.34. The Morgan fingerprint density at radius 3 is 2.74 bits per heavy atom. The van der Waals surface area contributed by atoms with Crippen LogP contribution in [0.3, 0.4) is 0 Å². The summed E-state index contributed by atoms with van der Waals surface area (Å²) < 4.78 is 24.5. The fourth-order valence-electron chi connectivity index (χ4n) is 3.07. The van der Waals surface area contributed by atoms with Gasteiger partial charge in [-0.1, -0.05) is 19.1 Å². The van der Waals surface area contributed by atoms with Crippen molar-refractivity contribution in [2.75, 3.05) is 11.1 Å². The van der Waals surface area contributed by atoms with Gasteiger partial charge in [-0.05, 0) is 23.8 Å². The molecule has 4 rings (SSSR count). The zero-order valence-corrected chi connectivity index (χ0v) is 17.8. The summed E-state index contributed by atoms with van der Waals surface area (Å²) in [7, 11) is -3.47. The van der Waals surface area contributed by atoms with E-state index in [0.29, 0.717) is 27.2 Å². The van der Waals surface area contributed by atoms with Crippen LogP contribution in [-0.2, 0) is 9.84 Å². The minimum atomic E-state index is -3.47. The Hall–Kier alpha value is -3.57. The zero-order valence-electron chi connectivity index (χ0n) is 16.1. The van der Waals surface area contributed by atoms with Gasteiger partial charge in [-0.2, -0.15) is 0 Å². The Balaban J connectivity index is 1.84. The van der Waals surface area contributed by atoms with Crippen LogP contribution in [0.5, 0.6) is 5.75 Å². The predicted molar refractivity (Wildman–Crippen MR) is 119 cm³/mol. The molecule has 31 heavy (non-hydrogen) atoms. The van der Waals surface area contributed by atoms with E-state index in [0.717, 1.165) is 0 Å². The van der Waals surface area contributed by atoms with Crippen LogP contribution in [0, 0.1) is 10.1 Å². The smallest absolute Gasteiger partial charge is 0.270 e. The Labute approximate surface area is 181 Å². The van der Waals surface area contributed by atoms with Crippen molar-refractivity contribution in [3.05, 3.63) is 64.3 Å². The van der Waals surface area contributed by atoms with Crippen LogP contribution in [0.15, 0.2) is 59.1 Å². The molecule has 9 nitrogen and oxygen atoms in total. The maximum Gasteiger partial charge on any atom is 0.270 e. The van der Waals surface area contributed by atoms with E-state index in [4.69, 9.17) is 0 Å². The molecule has 0 aliphatic carbocycles. The average molecular weight is 457 g/mol. The van der Waals surface area contributed by atoms with Gasteiger partial charge in [0.2, 0.25) is 0 Å². The van der Waals surface area contributed by atoms with E-state index in [1.54, 1.807) is 19.1 Å². The molecule has 0 radical (unpaired) electrons. The first-order valence-electron chi connectivity index (χ1n) is 9.10. The van der Waals surface area contributed by atoms with Gasteiger partial charge in [0.1, 0.15) is 22.7 Å². The number of nitrogens with one attached hydrogen (secondary N) is 1. The van der Waals surface area contributed by atoms with Crippen LogP contribution >= 0.6 is 11.3 Å². The second-order valence-electron chi connectivity index (χ2n) is 6.57. The monoisotopic (exact) mass is 456 g/mol. The van der Waals surface area contributed by atoms with Gasteiger partial charge in [0.15, 0.2) is 9.84 Å². The number of aromatic nitrogens is 2. The lowest BCUT2D eigenvalue weighted by Gasteiger charge is -2.11. The largest absolute Gasteiger partial charge is 0.506 e. The number of nitrogens with zero attached hydrogens (tertiary/aromatic N) is 3. The van der Waals surface area contributed by atoms with Crippen molar-refractivity contribution in [1.82, 2.24) is 9.97 Å². The number of phenolic OH excluding ortho intramolecular Hbond substituents is 1. The highest BCUT2D eigenvalue weighted by Gasteiger charge is 2.18. The van der Waals surface area contributed by atoms with Crippen molar-refractivity contribution < 1.29 is 18.4 Å². The van der Waals surface area contributed by atoms with Crippen LogP contribution in [0.4, 0.5) is 17.2 Å². The molecule has 2 heterocycles. The highest BCUT2D eigenvalue weighted by molar-refractivity contribution is 7.91. The first-order chi connectivity index (χ1) is 14.8. The van der Waals surface area contributed by atoms with Gasteiger partial charge in [0.25, 0.3) is 5.69 Å². The third-order valence-corrected chi connectivity index (χ3v) is 7.32. The molecule has 2 N–H and O–H groups in total. The minimum Gasteiger partial charge on any atom is -0.506 e. The average Bonchev–Trinajstić information content (AvgIpc) is 3.20. The highest BCUT2D eigenvalue weighted by Crippen LogP contribution is 2.39. The van der Waals surface area contributed by atoms with Crippen LogP contribution in [-0.4, -0.2) is 34.2 Å². The lowest BCUT2D eigenvalue weighted by Crippen LogP contribution is -2.04. The molecular weight excluding hydrogens is 440 g/mol. The summed E-state index contributed by atoms with van der Waals surface area (Å²) in [4.78, 5) is 19.9. The van der Waals surface area contributed by atoms with Gasteiger partial charge >= 0.3 is 0 Å². The minimum absolute atomic E-state index is 0.0432. The molecule has 0 saturated heterocycles.